The van der Waals surface area contributed by atoms with E-state index in [1.54, 1.807) is 12.1 Å². The summed E-state index contributed by atoms with van der Waals surface area (Å²) in [5, 5.41) is 10.6. The van der Waals surface area contributed by atoms with Gasteiger partial charge in [-0.15, -0.1) is 0 Å². The Morgan fingerprint density at radius 1 is 1.24 bits per heavy atom. The fourth-order valence-corrected chi connectivity index (χ4v) is 1.78. The number of aliphatic carboxylic acids is 1. The molecule has 0 bridgehead atoms. The molecule has 1 aromatic rings. The number of hydrogen-bond acceptors (Lipinski definition) is 2. The molecule has 0 saturated heterocycles. The molecular formula is C14H16F3NO3. The Labute approximate surface area is 120 Å². The summed E-state index contributed by atoms with van der Waals surface area (Å²) in [5.74, 6) is -2.56. The fourth-order valence-electron chi connectivity index (χ4n) is 1.78. The van der Waals surface area contributed by atoms with Crippen LogP contribution in [0.1, 0.15) is 35.7 Å². The molecule has 1 unspecified atom stereocenters. The number of carboxylic acid groups (broad SMARTS) is 1. The molecule has 0 aliphatic heterocycles. The summed E-state index contributed by atoms with van der Waals surface area (Å²) < 4.78 is 36.7. The van der Waals surface area contributed by atoms with Crippen LogP contribution >= 0.6 is 0 Å². The number of aryl methyl sites for hydroxylation is 1. The Morgan fingerprint density at radius 2 is 1.81 bits per heavy atom. The van der Waals surface area contributed by atoms with Crippen molar-refractivity contribution in [2.24, 2.45) is 0 Å². The van der Waals surface area contributed by atoms with Crippen LogP contribution in [0, 0.1) is 0 Å². The molecule has 1 amide bonds. The lowest BCUT2D eigenvalue weighted by atomic mass is 10.1. The van der Waals surface area contributed by atoms with Crippen molar-refractivity contribution in [1.29, 1.82) is 0 Å². The molecule has 0 aliphatic rings. The van der Waals surface area contributed by atoms with Gasteiger partial charge in [0.1, 0.15) is 6.04 Å². The van der Waals surface area contributed by atoms with E-state index >= 15 is 0 Å². The van der Waals surface area contributed by atoms with Gasteiger partial charge in [-0.1, -0.05) is 25.5 Å². The van der Waals surface area contributed by atoms with Crippen LogP contribution < -0.4 is 5.32 Å². The quantitative estimate of drug-likeness (QED) is 0.849. The van der Waals surface area contributed by atoms with Crippen LogP contribution in [-0.4, -0.2) is 29.2 Å². The van der Waals surface area contributed by atoms with Gasteiger partial charge >= 0.3 is 12.1 Å². The first-order chi connectivity index (χ1) is 9.73. The van der Waals surface area contributed by atoms with Gasteiger partial charge in [-0.05, 0) is 24.1 Å². The molecule has 2 N–H and O–H groups in total. The van der Waals surface area contributed by atoms with Crippen molar-refractivity contribution in [2.75, 3.05) is 0 Å². The number of rotatable bonds is 6. The third-order valence-electron chi connectivity index (χ3n) is 2.79. The molecule has 0 spiro atoms. The number of halogens is 3. The summed E-state index contributed by atoms with van der Waals surface area (Å²) in [5.41, 5.74) is 1.13. The predicted octanol–water partition coefficient (Wildman–Crippen LogP) is 2.77. The lowest BCUT2D eigenvalue weighted by Crippen LogP contribution is -2.43. The van der Waals surface area contributed by atoms with Crippen LogP contribution in [0.4, 0.5) is 13.2 Å². The van der Waals surface area contributed by atoms with E-state index in [1.165, 1.54) is 12.1 Å². The average molecular weight is 303 g/mol. The van der Waals surface area contributed by atoms with Crippen molar-refractivity contribution in [3.8, 4) is 0 Å². The van der Waals surface area contributed by atoms with Crippen LogP contribution in [0.5, 0.6) is 0 Å². The van der Waals surface area contributed by atoms with Crippen molar-refractivity contribution in [2.45, 2.75) is 38.4 Å². The molecule has 1 atom stereocenters. The van der Waals surface area contributed by atoms with E-state index in [4.69, 9.17) is 5.11 Å². The monoisotopic (exact) mass is 303 g/mol. The maximum absolute atomic E-state index is 12.2. The molecule has 0 aromatic heterocycles. The molecule has 0 fully saturated rings. The number of amides is 1. The number of nitrogens with one attached hydrogen (secondary N) is 1. The highest BCUT2D eigenvalue weighted by Crippen LogP contribution is 2.22. The van der Waals surface area contributed by atoms with Gasteiger partial charge in [-0.25, -0.2) is 4.79 Å². The molecule has 4 nitrogen and oxygen atoms in total. The third-order valence-corrected chi connectivity index (χ3v) is 2.79. The Bertz CT molecular complexity index is 497. The summed E-state index contributed by atoms with van der Waals surface area (Å²) >= 11 is 0. The van der Waals surface area contributed by atoms with Gasteiger partial charge in [0.2, 0.25) is 0 Å². The van der Waals surface area contributed by atoms with Gasteiger partial charge in [0, 0.05) is 5.56 Å². The van der Waals surface area contributed by atoms with Crippen LogP contribution in [0.25, 0.3) is 0 Å². The normalized spacial score (nSPS) is 12.8. The molecule has 1 aromatic carbocycles. The Balaban J connectivity index is 2.75. The zero-order valence-corrected chi connectivity index (χ0v) is 11.4. The van der Waals surface area contributed by atoms with E-state index in [-0.39, 0.29) is 5.56 Å². The van der Waals surface area contributed by atoms with Gasteiger partial charge in [0.25, 0.3) is 5.91 Å². The smallest absolute Gasteiger partial charge is 0.391 e. The number of carboxylic acids is 1. The van der Waals surface area contributed by atoms with E-state index in [9.17, 15) is 22.8 Å². The first kappa shape index (κ1) is 17.0. The van der Waals surface area contributed by atoms with E-state index in [1.807, 2.05) is 12.2 Å². The molecule has 1 rings (SSSR count). The van der Waals surface area contributed by atoms with Crippen molar-refractivity contribution in [1.82, 2.24) is 5.32 Å². The minimum atomic E-state index is -4.67. The Hall–Kier alpha value is -2.05. The number of benzene rings is 1. The molecule has 7 heteroatoms. The zero-order valence-electron chi connectivity index (χ0n) is 11.4. The summed E-state index contributed by atoms with van der Waals surface area (Å²) in [4.78, 5) is 22.5. The van der Waals surface area contributed by atoms with Crippen LogP contribution in [-0.2, 0) is 11.2 Å². The minimum absolute atomic E-state index is 0.128. The molecule has 0 aliphatic carbocycles. The van der Waals surface area contributed by atoms with Gasteiger partial charge in [0.15, 0.2) is 0 Å². The number of carbonyl (C=O) groups is 2. The van der Waals surface area contributed by atoms with Gasteiger partial charge in [-0.3, -0.25) is 4.79 Å². The lowest BCUT2D eigenvalue weighted by molar-refractivity contribution is -0.157. The van der Waals surface area contributed by atoms with E-state index in [0.717, 1.165) is 18.4 Å². The van der Waals surface area contributed by atoms with Gasteiger partial charge < -0.3 is 10.4 Å². The second-order valence-corrected chi connectivity index (χ2v) is 4.63. The standard InChI is InChI=1S/C14H16F3NO3/c1-2-3-9-4-6-10(7-5-9)12(19)18-11(13(20)21)8-14(15,16)17/h4-7,11H,2-3,8H2,1H3,(H,18,19)(H,20,21). The molecule has 0 radical (unpaired) electrons. The van der Waals surface area contributed by atoms with Gasteiger partial charge in [-0.2, -0.15) is 13.2 Å². The summed E-state index contributed by atoms with van der Waals surface area (Å²) in [6.07, 6.45) is -4.52. The van der Waals surface area contributed by atoms with E-state index in [0.29, 0.717) is 0 Å². The first-order valence-corrected chi connectivity index (χ1v) is 6.42. The summed E-state index contributed by atoms with van der Waals surface area (Å²) in [6.45, 7) is 2.00. The predicted molar refractivity (Wildman–Crippen MR) is 70.0 cm³/mol. The molecular weight excluding hydrogens is 287 g/mol. The minimum Gasteiger partial charge on any atom is -0.480 e. The largest absolute Gasteiger partial charge is 0.480 e. The van der Waals surface area contributed by atoms with Crippen molar-refractivity contribution < 1.29 is 27.9 Å². The van der Waals surface area contributed by atoms with E-state index in [2.05, 4.69) is 0 Å². The van der Waals surface area contributed by atoms with Crippen LogP contribution in [0.3, 0.4) is 0 Å². The summed E-state index contributed by atoms with van der Waals surface area (Å²) in [6, 6.07) is 4.32. The van der Waals surface area contributed by atoms with E-state index < -0.39 is 30.5 Å². The van der Waals surface area contributed by atoms with Gasteiger partial charge in [0.05, 0.1) is 6.42 Å². The maximum atomic E-state index is 12.2. The highest BCUT2D eigenvalue weighted by molar-refractivity contribution is 5.96. The Morgan fingerprint density at radius 3 is 2.24 bits per heavy atom. The zero-order chi connectivity index (χ0) is 16.0. The first-order valence-electron chi connectivity index (χ1n) is 6.42. The second kappa shape index (κ2) is 7.10. The van der Waals surface area contributed by atoms with Crippen LogP contribution in [0.2, 0.25) is 0 Å². The summed E-state index contributed by atoms with van der Waals surface area (Å²) in [7, 11) is 0. The second-order valence-electron chi connectivity index (χ2n) is 4.63. The van der Waals surface area contributed by atoms with Crippen molar-refractivity contribution in [3.63, 3.8) is 0 Å². The Kier molecular flexibility index (Phi) is 5.75. The molecule has 21 heavy (non-hydrogen) atoms. The molecule has 0 saturated carbocycles. The number of alkyl halides is 3. The number of hydrogen-bond donors (Lipinski definition) is 2. The maximum Gasteiger partial charge on any atom is 0.391 e. The molecule has 116 valence electrons. The fraction of sp³-hybridized carbons (Fsp3) is 0.429. The highest BCUT2D eigenvalue weighted by Gasteiger charge is 2.36. The van der Waals surface area contributed by atoms with Crippen LogP contribution in [0.15, 0.2) is 24.3 Å². The third kappa shape index (κ3) is 5.85. The topological polar surface area (TPSA) is 66.4 Å². The number of carbonyl (C=O) groups excluding carboxylic acids is 1. The SMILES string of the molecule is CCCc1ccc(C(=O)NC(CC(F)(F)F)C(=O)O)cc1. The highest BCUT2D eigenvalue weighted by atomic mass is 19.4. The van der Waals surface area contributed by atoms with Crippen molar-refractivity contribution in [3.05, 3.63) is 35.4 Å². The average Bonchev–Trinajstić information content (AvgIpc) is 2.37. The lowest BCUT2D eigenvalue weighted by Gasteiger charge is -2.16. The molecule has 0 heterocycles. The van der Waals surface area contributed by atoms with Crippen molar-refractivity contribution >= 4 is 11.9 Å².